The molecule has 0 aromatic rings. The molecule has 0 aliphatic carbocycles. The number of nitriles is 1. The van der Waals surface area contributed by atoms with E-state index in [4.69, 9.17) is 10.00 Å². The zero-order valence-electron chi connectivity index (χ0n) is 9.07. The molecule has 1 fully saturated rings. The van der Waals surface area contributed by atoms with Gasteiger partial charge in [-0.1, -0.05) is 0 Å². The molecule has 0 radical (unpaired) electrons. The van der Waals surface area contributed by atoms with Crippen LogP contribution in [-0.2, 0) is 4.74 Å². The lowest BCUT2D eigenvalue weighted by Crippen LogP contribution is -2.93. The van der Waals surface area contributed by atoms with Gasteiger partial charge in [0, 0.05) is 13.0 Å². The molecular formula is C10H20N3O+. The van der Waals surface area contributed by atoms with Gasteiger partial charge >= 0.3 is 0 Å². The largest absolute Gasteiger partial charge is 0.328 e. The molecule has 0 saturated carbocycles. The van der Waals surface area contributed by atoms with Crippen LogP contribution in [-0.4, -0.2) is 44.9 Å². The van der Waals surface area contributed by atoms with Gasteiger partial charge < -0.3 is 15.0 Å². The quantitative estimate of drug-likeness (QED) is 0.655. The first-order chi connectivity index (χ1) is 6.72. The molecule has 14 heavy (non-hydrogen) atoms. The van der Waals surface area contributed by atoms with E-state index in [-0.39, 0.29) is 12.1 Å². The summed E-state index contributed by atoms with van der Waals surface area (Å²) in [6, 6.07) is 2.30. The molecule has 0 amide bonds. The normalized spacial score (nSPS) is 27.6. The smallest absolute Gasteiger partial charge is 0.190 e. The first-order valence-electron chi connectivity index (χ1n) is 5.21. The van der Waals surface area contributed by atoms with Crippen molar-refractivity contribution in [3.63, 3.8) is 0 Å². The van der Waals surface area contributed by atoms with Gasteiger partial charge in [-0.2, -0.15) is 5.26 Å². The van der Waals surface area contributed by atoms with Crippen molar-refractivity contribution in [2.45, 2.75) is 19.1 Å². The van der Waals surface area contributed by atoms with Gasteiger partial charge in [0.1, 0.15) is 0 Å². The minimum absolute atomic E-state index is 0.226. The van der Waals surface area contributed by atoms with Gasteiger partial charge in [-0.05, 0) is 20.5 Å². The third kappa shape index (κ3) is 4.05. The summed E-state index contributed by atoms with van der Waals surface area (Å²) < 4.78 is 5.68. The second-order valence-corrected chi connectivity index (χ2v) is 4.09. The van der Waals surface area contributed by atoms with E-state index in [1.807, 2.05) is 14.1 Å². The summed E-state index contributed by atoms with van der Waals surface area (Å²) in [5, 5.41) is 10.9. The van der Waals surface area contributed by atoms with Crippen molar-refractivity contribution in [2.24, 2.45) is 5.92 Å². The van der Waals surface area contributed by atoms with Gasteiger partial charge in [0.25, 0.3) is 0 Å². The van der Waals surface area contributed by atoms with Gasteiger partial charge in [0.15, 0.2) is 6.23 Å². The van der Waals surface area contributed by atoms with E-state index in [9.17, 15) is 0 Å². The number of ether oxygens (including phenoxy) is 1. The number of likely N-dealkylation sites (N-methyl/N-ethyl adjacent to an activating group) is 1. The summed E-state index contributed by atoms with van der Waals surface area (Å²) >= 11 is 0. The fraction of sp³-hybridized carbons (Fsp3) is 0.900. The lowest BCUT2D eigenvalue weighted by molar-refractivity contribution is -0.738. The van der Waals surface area contributed by atoms with E-state index in [1.54, 1.807) is 0 Å². The Morgan fingerprint density at radius 2 is 2.29 bits per heavy atom. The number of nitrogens with zero attached hydrogens (tertiary/aromatic N) is 2. The Bertz CT molecular complexity index is 192. The summed E-state index contributed by atoms with van der Waals surface area (Å²) in [6.45, 7) is 2.64. The maximum atomic E-state index is 8.71. The molecule has 4 heteroatoms. The minimum Gasteiger partial charge on any atom is -0.328 e. The molecule has 1 aliphatic heterocycles. The Hall–Kier alpha value is -0.630. The van der Waals surface area contributed by atoms with Gasteiger partial charge in [-0.15, -0.1) is 0 Å². The zero-order chi connectivity index (χ0) is 10.4. The molecule has 1 aliphatic rings. The number of hydrogen-bond acceptors (Lipinski definition) is 3. The van der Waals surface area contributed by atoms with Crippen LogP contribution in [0.15, 0.2) is 0 Å². The lowest BCUT2D eigenvalue weighted by atomic mass is 10.0. The van der Waals surface area contributed by atoms with Crippen LogP contribution < -0.4 is 5.32 Å². The highest BCUT2D eigenvalue weighted by Crippen LogP contribution is 2.09. The molecule has 1 heterocycles. The molecule has 2 unspecified atom stereocenters. The van der Waals surface area contributed by atoms with Crippen LogP contribution in [0.1, 0.15) is 12.8 Å². The molecule has 4 nitrogen and oxygen atoms in total. The topological polar surface area (TPSA) is 52.9 Å². The summed E-state index contributed by atoms with van der Waals surface area (Å²) in [5.41, 5.74) is 0. The maximum Gasteiger partial charge on any atom is 0.190 e. The summed E-state index contributed by atoms with van der Waals surface area (Å²) in [7, 11) is 4.08. The van der Waals surface area contributed by atoms with Crippen molar-refractivity contribution >= 4 is 0 Å². The molecule has 0 bridgehead atoms. The highest BCUT2D eigenvalue weighted by atomic mass is 16.5. The lowest BCUT2D eigenvalue weighted by Gasteiger charge is -2.23. The number of rotatable bonds is 4. The first kappa shape index (κ1) is 11.4. The van der Waals surface area contributed by atoms with E-state index >= 15 is 0 Å². The Balaban J connectivity index is 2.08. The standard InChI is InChI=1S/C10H19N3O/c1-13(2)5-6-14-10-4-3-9(7-11)8-12-10/h9-10,12H,3-6,8H2,1-2H3/p+1. The van der Waals surface area contributed by atoms with E-state index in [2.05, 4.69) is 16.3 Å². The van der Waals surface area contributed by atoms with Crippen molar-refractivity contribution in [1.29, 1.82) is 5.26 Å². The van der Waals surface area contributed by atoms with Gasteiger partial charge in [-0.3, -0.25) is 0 Å². The van der Waals surface area contributed by atoms with Crippen molar-refractivity contribution in [3.05, 3.63) is 0 Å². The second kappa shape index (κ2) is 5.97. The van der Waals surface area contributed by atoms with E-state index < -0.39 is 0 Å². The SMILES string of the molecule is CN(C)CCOC1CCC(C#N)C[NH2+]1. The summed E-state index contributed by atoms with van der Waals surface area (Å²) in [6.07, 6.45) is 2.27. The van der Waals surface area contributed by atoms with Gasteiger partial charge in [0.2, 0.25) is 0 Å². The highest BCUT2D eigenvalue weighted by molar-refractivity contribution is 4.83. The van der Waals surface area contributed by atoms with E-state index in [0.29, 0.717) is 0 Å². The molecular weight excluding hydrogens is 178 g/mol. The number of piperidine rings is 1. The predicted octanol–water partition coefficient (Wildman–Crippen LogP) is -0.612. The average molecular weight is 198 g/mol. The molecule has 80 valence electrons. The summed E-state index contributed by atoms with van der Waals surface area (Å²) in [4.78, 5) is 2.11. The van der Waals surface area contributed by atoms with Gasteiger partial charge in [0.05, 0.1) is 25.1 Å². The summed E-state index contributed by atoms with van der Waals surface area (Å²) in [5.74, 6) is 0.226. The number of hydrogen-bond donors (Lipinski definition) is 1. The zero-order valence-corrected chi connectivity index (χ0v) is 9.07. The van der Waals surface area contributed by atoms with Crippen molar-refractivity contribution in [3.8, 4) is 6.07 Å². The molecule has 0 spiro atoms. The van der Waals surface area contributed by atoms with Crippen LogP contribution >= 0.6 is 0 Å². The van der Waals surface area contributed by atoms with Crippen molar-refractivity contribution in [1.82, 2.24) is 4.90 Å². The van der Waals surface area contributed by atoms with Gasteiger partial charge in [-0.25, -0.2) is 0 Å². The Kier molecular flexibility index (Phi) is 4.88. The molecule has 0 aromatic heterocycles. The molecule has 2 atom stereocenters. The molecule has 1 rings (SSSR count). The van der Waals surface area contributed by atoms with Crippen molar-refractivity contribution < 1.29 is 10.1 Å². The monoisotopic (exact) mass is 198 g/mol. The van der Waals surface area contributed by atoms with Crippen LogP contribution in [0.2, 0.25) is 0 Å². The first-order valence-corrected chi connectivity index (χ1v) is 5.21. The van der Waals surface area contributed by atoms with E-state index in [1.165, 1.54) is 0 Å². The third-order valence-electron chi connectivity index (χ3n) is 2.54. The molecule has 2 N–H and O–H groups in total. The number of quaternary nitrogens is 1. The Morgan fingerprint density at radius 1 is 1.50 bits per heavy atom. The second-order valence-electron chi connectivity index (χ2n) is 4.09. The van der Waals surface area contributed by atoms with Crippen LogP contribution in [0.25, 0.3) is 0 Å². The Labute approximate surface area is 85.8 Å². The minimum atomic E-state index is 0.226. The van der Waals surface area contributed by atoms with Crippen LogP contribution in [0.4, 0.5) is 0 Å². The van der Waals surface area contributed by atoms with Crippen LogP contribution in [0.5, 0.6) is 0 Å². The molecule has 0 aromatic carbocycles. The maximum absolute atomic E-state index is 8.71. The fourth-order valence-electron chi connectivity index (χ4n) is 1.57. The third-order valence-corrected chi connectivity index (χ3v) is 2.54. The Morgan fingerprint density at radius 3 is 2.79 bits per heavy atom. The van der Waals surface area contributed by atoms with Crippen LogP contribution in [0.3, 0.4) is 0 Å². The van der Waals surface area contributed by atoms with Crippen molar-refractivity contribution in [2.75, 3.05) is 33.8 Å². The fourth-order valence-corrected chi connectivity index (χ4v) is 1.57. The van der Waals surface area contributed by atoms with E-state index in [0.717, 1.165) is 32.5 Å². The predicted molar refractivity (Wildman–Crippen MR) is 53.4 cm³/mol. The average Bonchev–Trinajstić information content (AvgIpc) is 2.18. The molecule has 1 saturated heterocycles. The number of nitrogens with two attached hydrogens (primary N) is 1. The highest BCUT2D eigenvalue weighted by Gasteiger charge is 2.23. The van der Waals surface area contributed by atoms with Crippen LogP contribution in [0, 0.1) is 17.2 Å².